The third-order valence-electron chi connectivity index (χ3n) is 3.38. The summed E-state index contributed by atoms with van der Waals surface area (Å²) < 4.78 is 0. The fourth-order valence-corrected chi connectivity index (χ4v) is 1.99. The van der Waals surface area contributed by atoms with Gasteiger partial charge in [-0.05, 0) is 37.5 Å². The molecule has 0 heterocycles. The number of allylic oxidation sites excluding steroid dienone is 2. The normalized spacial score (nSPS) is 26.6. The highest BCUT2D eigenvalue weighted by atomic mass is 14.2. The van der Waals surface area contributed by atoms with E-state index in [9.17, 15) is 0 Å². The molecule has 0 radical (unpaired) electrons. The fraction of sp³-hybridized carbons (Fsp3) is 0.833. The van der Waals surface area contributed by atoms with Gasteiger partial charge in [0, 0.05) is 0 Å². The lowest BCUT2D eigenvalue weighted by Crippen LogP contribution is -2.08. The Morgan fingerprint density at radius 3 is 2.67 bits per heavy atom. The van der Waals surface area contributed by atoms with Crippen LogP contribution in [0, 0.1) is 11.8 Å². The van der Waals surface area contributed by atoms with E-state index in [2.05, 4.69) is 26.8 Å². The van der Waals surface area contributed by atoms with Gasteiger partial charge in [-0.2, -0.15) is 0 Å². The van der Waals surface area contributed by atoms with E-state index in [-0.39, 0.29) is 0 Å². The lowest BCUT2D eigenvalue weighted by molar-refractivity contribution is 0.434. The van der Waals surface area contributed by atoms with Crippen LogP contribution in [-0.4, -0.2) is 0 Å². The molecule has 0 saturated heterocycles. The summed E-state index contributed by atoms with van der Waals surface area (Å²) in [5.41, 5.74) is 1.72. The molecule has 1 aliphatic rings. The van der Waals surface area contributed by atoms with Crippen molar-refractivity contribution in [1.82, 2.24) is 0 Å². The molecule has 0 amide bonds. The van der Waals surface area contributed by atoms with Crippen LogP contribution in [0.15, 0.2) is 11.6 Å². The first kappa shape index (κ1) is 9.83. The highest BCUT2D eigenvalue weighted by Gasteiger charge is 2.15. The molecule has 0 saturated carbocycles. The predicted molar refractivity (Wildman–Crippen MR) is 55.2 cm³/mol. The molecule has 1 aliphatic carbocycles. The maximum absolute atomic E-state index is 2.51. The second-order valence-corrected chi connectivity index (χ2v) is 4.14. The highest BCUT2D eigenvalue weighted by molar-refractivity contribution is 5.09. The smallest absolute Gasteiger partial charge is 0.0234 e. The van der Waals surface area contributed by atoms with E-state index in [0.29, 0.717) is 0 Å². The van der Waals surface area contributed by atoms with Crippen LogP contribution in [-0.2, 0) is 0 Å². The van der Waals surface area contributed by atoms with E-state index in [1.165, 1.54) is 32.1 Å². The van der Waals surface area contributed by atoms with Gasteiger partial charge in [-0.25, -0.2) is 0 Å². The van der Waals surface area contributed by atoms with Crippen molar-refractivity contribution in [3.8, 4) is 0 Å². The summed E-state index contributed by atoms with van der Waals surface area (Å²) in [6.45, 7) is 6.96. The molecule has 0 nitrogen and oxygen atoms in total. The molecular formula is C12H22. The van der Waals surface area contributed by atoms with Crippen LogP contribution >= 0.6 is 0 Å². The van der Waals surface area contributed by atoms with Crippen molar-refractivity contribution in [3.63, 3.8) is 0 Å². The maximum Gasteiger partial charge on any atom is -0.0234 e. The molecule has 0 heteroatoms. The second-order valence-electron chi connectivity index (χ2n) is 4.14. The Morgan fingerprint density at radius 2 is 2.25 bits per heavy atom. The minimum absolute atomic E-state index is 0.836. The van der Waals surface area contributed by atoms with E-state index >= 15 is 0 Å². The summed E-state index contributed by atoms with van der Waals surface area (Å²) in [4.78, 5) is 0. The van der Waals surface area contributed by atoms with Gasteiger partial charge in [0.25, 0.3) is 0 Å². The average molecular weight is 166 g/mol. The molecule has 0 aliphatic heterocycles. The van der Waals surface area contributed by atoms with Crippen molar-refractivity contribution >= 4 is 0 Å². The van der Waals surface area contributed by atoms with Gasteiger partial charge in [0.05, 0.1) is 0 Å². The first-order valence-electron chi connectivity index (χ1n) is 5.46. The molecule has 0 spiro atoms. The molecule has 12 heavy (non-hydrogen) atoms. The van der Waals surface area contributed by atoms with Gasteiger partial charge in [0.2, 0.25) is 0 Å². The molecule has 0 fully saturated rings. The Balaban J connectivity index is 2.44. The molecule has 2 atom stereocenters. The fourth-order valence-electron chi connectivity index (χ4n) is 1.99. The molecule has 70 valence electrons. The molecular weight excluding hydrogens is 144 g/mol. The molecule has 2 unspecified atom stereocenters. The van der Waals surface area contributed by atoms with Crippen LogP contribution in [0.3, 0.4) is 0 Å². The Hall–Kier alpha value is -0.260. The first-order chi connectivity index (χ1) is 5.77. The lowest BCUT2D eigenvalue weighted by Gasteiger charge is -2.23. The first-order valence-corrected chi connectivity index (χ1v) is 5.46. The van der Waals surface area contributed by atoms with Crippen molar-refractivity contribution in [2.75, 3.05) is 0 Å². The molecule has 0 bridgehead atoms. The van der Waals surface area contributed by atoms with E-state index < -0.39 is 0 Å². The van der Waals surface area contributed by atoms with E-state index in [1.54, 1.807) is 5.57 Å². The SMILES string of the molecule is CCC1CC=C(C(C)CC)CC1. The van der Waals surface area contributed by atoms with Crippen LogP contribution in [0.4, 0.5) is 0 Å². The zero-order chi connectivity index (χ0) is 8.97. The summed E-state index contributed by atoms with van der Waals surface area (Å²) in [6.07, 6.45) is 9.33. The second kappa shape index (κ2) is 4.69. The largest absolute Gasteiger partial charge is 0.0848 e. The Morgan fingerprint density at radius 1 is 1.50 bits per heavy atom. The summed E-state index contributed by atoms with van der Waals surface area (Å²) in [5, 5.41) is 0. The van der Waals surface area contributed by atoms with E-state index in [0.717, 1.165) is 11.8 Å². The van der Waals surface area contributed by atoms with E-state index in [1.807, 2.05) is 0 Å². The van der Waals surface area contributed by atoms with Crippen LogP contribution in [0.25, 0.3) is 0 Å². The summed E-state index contributed by atoms with van der Waals surface area (Å²) >= 11 is 0. The Bertz CT molecular complexity index is 155. The van der Waals surface area contributed by atoms with Crippen LogP contribution in [0.1, 0.15) is 52.9 Å². The average Bonchev–Trinajstić information content (AvgIpc) is 2.17. The van der Waals surface area contributed by atoms with Crippen molar-refractivity contribution < 1.29 is 0 Å². The molecule has 0 aromatic rings. The van der Waals surface area contributed by atoms with Gasteiger partial charge in [0.15, 0.2) is 0 Å². The zero-order valence-electron chi connectivity index (χ0n) is 8.77. The predicted octanol–water partition coefficient (Wildman–Crippen LogP) is 4.17. The number of rotatable bonds is 3. The van der Waals surface area contributed by atoms with Crippen molar-refractivity contribution in [3.05, 3.63) is 11.6 Å². The number of hydrogen-bond acceptors (Lipinski definition) is 0. The summed E-state index contributed by atoms with van der Waals surface area (Å²) in [5.74, 6) is 1.82. The highest BCUT2D eigenvalue weighted by Crippen LogP contribution is 2.30. The molecule has 1 rings (SSSR count). The topological polar surface area (TPSA) is 0 Å². The van der Waals surface area contributed by atoms with Gasteiger partial charge in [0.1, 0.15) is 0 Å². The summed E-state index contributed by atoms with van der Waals surface area (Å²) in [6, 6.07) is 0. The van der Waals surface area contributed by atoms with Crippen LogP contribution < -0.4 is 0 Å². The van der Waals surface area contributed by atoms with Gasteiger partial charge in [-0.3, -0.25) is 0 Å². The van der Waals surface area contributed by atoms with Crippen molar-refractivity contribution in [1.29, 1.82) is 0 Å². The van der Waals surface area contributed by atoms with Gasteiger partial charge >= 0.3 is 0 Å². The monoisotopic (exact) mass is 166 g/mol. The third kappa shape index (κ3) is 2.36. The lowest BCUT2D eigenvalue weighted by atomic mass is 9.83. The van der Waals surface area contributed by atoms with Crippen molar-refractivity contribution in [2.24, 2.45) is 11.8 Å². The van der Waals surface area contributed by atoms with Crippen LogP contribution in [0.2, 0.25) is 0 Å². The zero-order valence-corrected chi connectivity index (χ0v) is 8.77. The summed E-state index contributed by atoms with van der Waals surface area (Å²) in [7, 11) is 0. The molecule has 0 aromatic heterocycles. The number of hydrogen-bond donors (Lipinski definition) is 0. The van der Waals surface area contributed by atoms with Gasteiger partial charge in [-0.1, -0.05) is 38.8 Å². The molecule has 0 N–H and O–H groups in total. The van der Waals surface area contributed by atoms with Gasteiger partial charge in [-0.15, -0.1) is 0 Å². The standard InChI is InChI=1S/C12H22/c1-4-10(3)12-8-6-11(5-2)7-9-12/h8,10-11H,4-7,9H2,1-3H3. The minimum atomic E-state index is 0.836. The minimum Gasteiger partial charge on any atom is -0.0848 e. The van der Waals surface area contributed by atoms with Crippen LogP contribution in [0.5, 0.6) is 0 Å². The third-order valence-corrected chi connectivity index (χ3v) is 3.38. The van der Waals surface area contributed by atoms with Gasteiger partial charge < -0.3 is 0 Å². The Kier molecular flexibility index (Phi) is 3.84. The maximum atomic E-state index is 2.51. The quantitative estimate of drug-likeness (QED) is 0.552. The Labute approximate surface area is 77.1 Å². The molecule has 0 aromatic carbocycles. The van der Waals surface area contributed by atoms with E-state index in [4.69, 9.17) is 0 Å². The van der Waals surface area contributed by atoms with Crippen molar-refractivity contribution in [2.45, 2.75) is 52.9 Å².